The fourth-order valence-corrected chi connectivity index (χ4v) is 1.59. The van der Waals surface area contributed by atoms with Crippen molar-refractivity contribution in [1.82, 2.24) is 15.0 Å². The molecule has 0 fully saturated rings. The molecule has 0 aromatic carbocycles. The van der Waals surface area contributed by atoms with Crippen LogP contribution in [0.4, 0.5) is 0 Å². The maximum atomic E-state index is 5.92. The van der Waals surface area contributed by atoms with Crippen LogP contribution in [-0.2, 0) is 0 Å². The molecule has 6 heteroatoms. The van der Waals surface area contributed by atoms with E-state index in [9.17, 15) is 0 Å². The van der Waals surface area contributed by atoms with E-state index in [1.807, 2.05) is 6.07 Å². The first kappa shape index (κ1) is 11.6. The van der Waals surface area contributed by atoms with Crippen molar-refractivity contribution in [2.24, 2.45) is 0 Å². The normalized spacial score (nSPS) is 10.1. The summed E-state index contributed by atoms with van der Waals surface area (Å²) in [6.07, 6.45) is 3.02. The molecule has 2 aromatic heterocycles. The first-order valence-electron chi connectivity index (χ1n) is 4.81. The quantitative estimate of drug-likeness (QED) is 0.783. The van der Waals surface area contributed by atoms with Crippen LogP contribution in [0.25, 0.3) is 11.3 Å². The van der Waals surface area contributed by atoms with Gasteiger partial charge in [-0.2, -0.15) is 0 Å². The summed E-state index contributed by atoms with van der Waals surface area (Å²) in [6.45, 7) is 0. The molecule has 0 amide bonds. The molecule has 0 N–H and O–H groups in total. The lowest BCUT2D eigenvalue weighted by Gasteiger charge is -2.08. The van der Waals surface area contributed by atoms with Crippen molar-refractivity contribution >= 4 is 11.6 Å². The minimum absolute atomic E-state index is 0.272. The molecule has 0 radical (unpaired) electrons. The first-order valence-corrected chi connectivity index (χ1v) is 5.19. The molecule has 0 saturated carbocycles. The molecule has 5 nitrogen and oxygen atoms in total. The molecule has 17 heavy (non-hydrogen) atoms. The van der Waals surface area contributed by atoms with Gasteiger partial charge in [-0.05, 0) is 6.07 Å². The van der Waals surface area contributed by atoms with Crippen LogP contribution in [-0.4, -0.2) is 29.2 Å². The zero-order chi connectivity index (χ0) is 12.3. The zero-order valence-corrected chi connectivity index (χ0v) is 10.1. The second-order valence-corrected chi connectivity index (χ2v) is 3.49. The van der Waals surface area contributed by atoms with Crippen molar-refractivity contribution < 1.29 is 9.47 Å². The van der Waals surface area contributed by atoms with Gasteiger partial charge in [-0.25, -0.2) is 15.0 Å². The van der Waals surface area contributed by atoms with Crippen LogP contribution in [0.15, 0.2) is 24.7 Å². The number of methoxy groups -OCH3 is 2. The molecule has 0 unspecified atom stereocenters. The van der Waals surface area contributed by atoms with Crippen LogP contribution >= 0.6 is 11.6 Å². The van der Waals surface area contributed by atoms with Gasteiger partial charge in [-0.1, -0.05) is 11.6 Å². The number of halogens is 1. The number of nitrogens with zero attached hydrogens (tertiary/aromatic N) is 3. The third kappa shape index (κ3) is 2.29. The molecule has 2 aromatic rings. The molecular formula is C11H10ClN3O2. The van der Waals surface area contributed by atoms with Gasteiger partial charge in [-0.3, -0.25) is 0 Å². The average molecular weight is 252 g/mol. The van der Waals surface area contributed by atoms with E-state index in [0.717, 1.165) is 5.56 Å². The highest BCUT2D eigenvalue weighted by Gasteiger charge is 2.12. The van der Waals surface area contributed by atoms with Crippen LogP contribution in [0.2, 0.25) is 5.15 Å². The Bertz CT molecular complexity index is 517. The molecule has 0 bridgehead atoms. The lowest BCUT2D eigenvalue weighted by atomic mass is 10.2. The maximum absolute atomic E-state index is 5.92. The van der Waals surface area contributed by atoms with Crippen molar-refractivity contribution in [1.29, 1.82) is 0 Å². The van der Waals surface area contributed by atoms with E-state index in [0.29, 0.717) is 17.3 Å². The average Bonchev–Trinajstić information content (AvgIpc) is 2.38. The van der Waals surface area contributed by atoms with E-state index in [2.05, 4.69) is 15.0 Å². The van der Waals surface area contributed by atoms with Crippen molar-refractivity contribution in [3.8, 4) is 22.9 Å². The summed E-state index contributed by atoms with van der Waals surface area (Å²) in [5.74, 6) is 0.967. The van der Waals surface area contributed by atoms with Crippen LogP contribution < -0.4 is 9.47 Å². The van der Waals surface area contributed by atoms with Gasteiger partial charge in [0.1, 0.15) is 12.0 Å². The number of ether oxygens (including phenoxy) is 2. The van der Waals surface area contributed by atoms with Gasteiger partial charge in [0.25, 0.3) is 0 Å². The molecule has 0 spiro atoms. The predicted octanol–water partition coefficient (Wildman–Crippen LogP) is 2.21. The molecular weight excluding hydrogens is 242 g/mol. The Kier molecular flexibility index (Phi) is 3.39. The Morgan fingerprint density at radius 3 is 2.47 bits per heavy atom. The molecule has 0 aliphatic rings. The van der Waals surface area contributed by atoms with Crippen LogP contribution in [0.3, 0.4) is 0 Å². The summed E-state index contributed by atoms with van der Waals surface area (Å²) in [5, 5.41) is 0.272. The SMILES string of the molecule is COc1ccc(-c2ncnc(Cl)c2OC)cn1. The highest BCUT2D eigenvalue weighted by Crippen LogP contribution is 2.32. The molecule has 2 heterocycles. The van der Waals surface area contributed by atoms with E-state index in [1.54, 1.807) is 19.4 Å². The summed E-state index contributed by atoms with van der Waals surface area (Å²) in [7, 11) is 3.08. The Labute approximate surface area is 103 Å². The van der Waals surface area contributed by atoms with Gasteiger partial charge in [0.2, 0.25) is 5.88 Å². The standard InChI is InChI=1S/C11H10ClN3O2/c1-16-8-4-3-7(5-13-8)9-10(17-2)11(12)15-6-14-9/h3-6H,1-2H3. The Hall–Kier alpha value is -1.88. The predicted molar refractivity (Wildman–Crippen MR) is 63.4 cm³/mol. The molecule has 0 aliphatic heterocycles. The Morgan fingerprint density at radius 2 is 1.88 bits per heavy atom. The summed E-state index contributed by atoms with van der Waals surface area (Å²) in [5.41, 5.74) is 1.38. The van der Waals surface area contributed by atoms with Gasteiger partial charge < -0.3 is 9.47 Å². The van der Waals surface area contributed by atoms with E-state index in [1.165, 1.54) is 13.4 Å². The zero-order valence-electron chi connectivity index (χ0n) is 9.35. The number of hydrogen-bond donors (Lipinski definition) is 0. The largest absolute Gasteiger partial charge is 0.491 e. The number of rotatable bonds is 3. The van der Waals surface area contributed by atoms with Gasteiger partial charge in [0.15, 0.2) is 10.9 Å². The molecule has 0 aliphatic carbocycles. The fourth-order valence-electron chi connectivity index (χ4n) is 1.38. The number of hydrogen-bond acceptors (Lipinski definition) is 5. The lowest BCUT2D eigenvalue weighted by Crippen LogP contribution is -1.95. The third-order valence-corrected chi connectivity index (χ3v) is 2.45. The van der Waals surface area contributed by atoms with Crippen LogP contribution in [0.5, 0.6) is 11.6 Å². The Morgan fingerprint density at radius 1 is 1.06 bits per heavy atom. The van der Waals surface area contributed by atoms with Crippen molar-refractivity contribution in [3.05, 3.63) is 29.8 Å². The second-order valence-electron chi connectivity index (χ2n) is 3.14. The maximum Gasteiger partial charge on any atom is 0.212 e. The fraction of sp³-hybridized carbons (Fsp3) is 0.182. The second kappa shape index (κ2) is 4.97. The van der Waals surface area contributed by atoms with Gasteiger partial charge in [-0.15, -0.1) is 0 Å². The van der Waals surface area contributed by atoms with Gasteiger partial charge in [0, 0.05) is 17.8 Å². The van der Waals surface area contributed by atoms with E-state index in [4.69, 9.17) is 21.1 Å². The topological polar surface area (TPSA) is 57.1 Å². The summed E-state index contributed by atoms with van der Waals surface area (Å²) in [6, 6.07) is 3.57. The van der Waals surface area contributed by atoms with E-state index < -0.39 is 0 Å². The minimum Gasteiger partial charge on any atom is -0.491 e. The van der Waals surface area contributed by atoms with E-state index >= 15 is 0 Å². The third-order valence-electron chi connectivity index (χ3n) is 2.18. The summed E-state index contributed by atoms with van der Waals surface area (Å²) in [4.78, 5) is 12.1. The highest BCUT2D eigenvalue weighted by atomic mass is 35.5. The minimum atomic E-state index is 0.272. The highest BCUT2D eigenvalue weighted by molar-refractivity contribution is 6.31. The molecule has 2 rings (SSSR count). The molecule has 0 saturated heterocycles. The molecule has 88 valence electrons. The summed E-state index contributed by atoms with van der Waals surface area (Å²) >= 11 is 5.92. The van der Waals surface area contributed by atoms with Gasteiger partial charge in [0.05, 0.1) is 14.2 Å². The van der Waals surface area contributed by atoms with Crippen molar-refractivity contribution in [2.75, 3.05) is 14.2 Å². The summed E-state index contributed by atoms with van der Waals surface area (Å²) < 4.78 is 10.2. The number of pyridine rings is 1. The van der Waals surface area contributed by atoms with Crippen molar-refractivity contribution in [2.45, 2.75) is 0 Å². The monoisotopic (exact) mass is 251 g/mol. The smallest absolute Gasteiger partial charge is 0.212 e. The van der Waals surface area contributed by atoms with E-state index in [-0.39, 0.29) is 5.15 Å². The van der Waals surface area contributed by atoms with Crippen LogP contribution in [0, 0.1) is 0 Å². The molecule has 0 atom stereocenters. The lowest BCUT2D eigenvalue weighted by molar-refractivity contribution is 0.398. The van der Waals surface area contributed by atoms with Crippen LogP contribution in [0.1, 0.15) is 0 Å². The Balaban J connectivity index is 2.48. The van der Waals surface area contributed by atoms with Crippen molar-refractivity contribution in [3.63, 3.8) is 0 Å². The first-order chi connectivity index (χ1) is 8.26. The number of aromatic nitrogens is 3. The van der Waals surface area contributed by atoms with Gasteiger partial charge >= 0.3 is 0 Å².